The zero-order valence-electron chi connectivity index (χ0n) is 14.1. The van der Waals surface area contributed by atoms with Gasteiger partial charge in [-0.1, -0.05) is 23.2 Å². The van der Waals surface area contributed by atoms with Gasteiger partial charge < -0.3 is 15.4 Å². The van der Waals surface area contributed by atoms with Crippen molar-refractivity contribution in [2.45, 2.75) is 4.90 Å². The van der Waals surface area contributed by atoms with Crippen molar-refractivity contribution in [2.75, 3.05) is 36.9 Å². The van der Waals surface area contributed by atoms with Crippen LogP contribution in [-0.4, -0.2) is 44.1 Å². The number of hydrogen-bond acceptors (Lipinski definition) is 4. The average molecular weight is 446 g/mol. The van der Waals surface area contributed by atoms with Crippen molar-refractivity contribution in [3.05, 3.63) is 52.5 Å². The molecule has 6 nitrogen and oxygen atoms in total. The summed E-state index contributed by atoms with van der Waals surface area (Å²) in [4.78, 5) is 0.0327. The number of nitrogens with zero attached hydrogens (tertiary/aromatic N) is 1. The van der Waals surface area contributed by atoms with Crippen molar-refractivity contribution >= 4 is 61.9 Å². The summed E-state index contributed by atoms with van der Waals surface area (Å²) in [5.74, 6) is 0. The molecule has 0 aliphatic carbocycles. The second kappa shape index (κ2) is 8.72. The fourth-order valence-corrected chi connectivity index (χ4v) is 4.80. The predicted octanol–water partition coefficient (Wildman–Crippen LogP) is 3.82. The van der Waals surface area contributed by atoms with Crippen LogP contribution in [0.2, 0.25) is 10.0 Å². The van der Waals surface area contributed by atoms with Crippen molar-refractivity contribution in [1.29, 1.82) is 0 Å². The maximum Gasteiger partial charge on any atom is 0.244 e. The zero-order chi connectivity index (χ0) is 19.4. The normalized spacial score (nSPS) is 15.3. The van der Waals surface area contributed by atoms with Crippen LogP contribution in [0.5, 0.6) is 0 Å². The summed E-state index contributed by atoms with van der Waals surface area (Å²) in [5, 5.41) is 7.07. The third-order valence-electron chi connectivity index (χ3n) is 3.88. The van der Waals surface area contributed by atoms with Crippen LogP contribution in [0.15, 0.2) is 47.4 Å². The van der Waals surface area contributed by atoms with Crippen LogP contribution >= 0.6 is 35.4 Å². The van der Waals surface area contributed by atoms with Gasteiger partial charge in [-0.15, -0.1) is 0 Å². The molecule has 0 spiro atoms. The van der Waals surface area contributed by atoms with E-state index in [2.05, 4.69) is 10.6 Å². The molecule has 2 aromatic rings. The van der Waals surface area contributed by atoms with E-state index in [0.717, 1.165) is 5.69 Å². The SMILES string of the molecule is O=S(=O)(c1cc(NC(=S)Nc2ccc(Cl)cc2)ccc1Cl)N1CCOCC1. The second-order valence-electron chi connectivity index (χ2n) is 5.75. The van der Waals surface area contributed by atoms with Crippen LogP contribution in [-0.2, 0) is 14.8 Å². The van der Waals surface area contributed by atoms with Gasteiger partial charge in [0, 0.05) is 29.5 Å². The van der Waals surface area contributed by atoms with E-state index < -0.39 is 10.0 Å². The van der Waals surface area contributed by atoms with Gasteiger partial charge in [-0.3, -0.25) is 0 Å². The first kappa shape index (κ1) is 20.3. The van der Waals surface area contributed by atoms with Crippen LogP contribution in [0.4, 0.5) is 11.4 Å². The quantitative estimate of drug-likeness (QED) is 0.696. The van der Waals surface area contributed by atoms with Gasteiger partial charge in [0.2, 0.25) is 10.0 Å². The van der Waals surface area contributed by atoms with Gasteiger partial charge in [-0.05, 0) is 54.7 Å². The summed E-state index contributed by atoms with van der Waals surface area (Å²) in [6, 6.07) is 11.7. The molecule has 0 unspecified atom stereocenters. The highest BCUT2D eigenvalue weighted by Crippen LogP contribution is 2.28. The van der Waals surface area contributed by atoms with Crippen LogP contribution < -0.4 is 10.6 Å². The zero-order valence-corrected chi connectivity index (χ0v) is 17.3. The van der Waals surface area contributed by atoms with E-state index in [1.165, 1.54) is 16.4 Å². The Morgan fingerprint density at radius 1 is 1.00 bits per heavy atom. The molecule has 2 N–H and O–H groups in total. The molecule has 27 heavy (non-hydrogen) atoms. The Labute approximate surface area is 173 Å². The molecule has 2 aromatic carbocycles. The van der Waals surface area contributed by atoms with Gasteiger partial charge in [-0.2, -0.15) is 4.31 Å². The lowest BCUT2D eigenvalue weighted by Gasteiger charge is -2.26. The number of sulfonamides is 1. The molecule has 1 heterocycles. The third kappa shape index (κ3) is 5.10. The van der Waals surface area contributed by atoms with Crippen molar-refractivity contribution in [1.82, 2.24) is 4.31 Å². The topological polar surface area (TPSA) is 70.7 Å². The fraction of sp³-hybridized carbons (Fsp3) is 0.235. The van der Waals surface area contributed by atoms with Gasteiger partial charge in [0.25, 0.3) is 0 Å². The standard InChI is InChI=1S/C17H17Cl2N3O3S2/c18-12-1-3-13(4-2-12)20-17(26)21-14-5-6-15(19)16(11-14)27(23,24)22-7-9-25-10-8-22/h1-6,11H,7-10H2,(H2,20,21,26). The number of benzene rings is 2. The van der Waals surface area contributed by atoms with E-state index in [4.69, 9.17) is 40.2 Å². The van der Waals surface area contributed by atoms with Gasteiger partial charge in [0.15, 0.2) is 5.11 Å². The van der Waals surface area contributed by atoms with Crippen LogP contribution in [0.25, 0.3) is 0 Å². The summed E-state index contributed by atoms with van der Waals surface area (Å²) in [6.07, 6.45) is 0. The molecule has 0 saturated carbocycles. The van der Waals surface area contributed by atoms with E-state index in [-0.39, 0.29) is 9.92 Å². The summed E-state index contributed by atoms with van der Waals surface area (Å²) < 4.78 is 32.3. The van der Waals surface area contributed by atoms with Gasteiger partial charge in [0.05, 0.1) is 18.2 Å². The largest absolute Gasteiger partial charge is 0.379 e. The minimum Gasteiger partial charge on any atom is -0.379 e. The Morgan fingerprint density at radius 3 is 2.26 bits per heavy atom. The number of anilines is 2. The van der Waals surface area contributed by atoms with Gasteiger partial charge >= 0.3 is 0 Å². The Bertz CT molecular complexity index is 931. The summed E-state index contributed by atoms with van der Waals surface area (Å²) in [7, 11) is -3.71. The molecule has 1 fully saturated rings. The smallest absolute Gasteiger partial charge is 0.244 e. The Hall–Kier alpha value is -1.42. The highest BCUT2D eigenvalue weighted by atomic mass is 35.5. The first-order valence-corrected chi connectivity index (χ1v) is 10.7. The monoisotopic (exact) mass is 445 g/mol. The van der Waals surface area contributed by atoms with Crippen LogP contribution in [0, 0.1) is 0 Å². The summed E-state index contributed by atoms with van der Waals surface area (Å²) in [6.45, 7) is 1.33. The van der Waals surface area contributed by atoms with Crippen LogP contribution in [0.1, 0.15) is 0 Å². The van der Waals surface area contributed by atoms with E-state index in [0.29, 0.717) is 42.1 Å². The number of nitrogens with one attached hydrogen (secondary N) is 2. The van der Waals surface area contributed by atoms with E-state index in [9.17, 15) is 8.42 Å². The average Bonchev–Trinajstić information content (AvgIpc) is 2.66. The van der Waals surface area contributed by atoms with Crippen molar-refractivity contribution in [2.24, 2.45) is 0 Å². The molecule has 144 valence electrons. The Balaban J connectivity index is 1.76. The number of ether oxygens (including phenoxy) is 1. The molecule has 1 aliphatic heterocycles. The molecule has 0 radical (unpaired) electrons. The molecule has 1 saturated heterocycles. The Morgan fingerprint density at radius 2 is 1.59 bits per heavy atom. The first-order chi connectivity index (χ1) is 12.9. The maximum absolute atomic E-state index is 12.9. The molecular formula is C17H17Cl2N3O3S2. The lowest BCUT2D eigenvalue weighted by atomic mass is 10.3. The lowest BCUT2D eigenvalue weighted by molar-refractivity contribution is 0.0730. The van der Waals surface area contributed by atoms with Crippen molar-refractivity contribution in [3.63, 3.8) is 0 Å². The number of rotatable bonds is 4. The van der Waals surface area contributed by atoms with Crippen molar-refractivity contribution < 1.29 is 13.2 Å². The van der Waals surface area contributed by atoms with Crippen LogP contribution in [0.3, 0.4) is 0 Å². The van der Waals surface area contributed by atoms with E-state index in [1.807, 2.05) is 0 Å². The molecule has 0 amide bonds. The molecule has 1 aliphatic rings. The molecule has 0 aromatic heterocycles. The Kier molecular flexibility index (Phi) is 6.56. The predicted molar refractivity (Wildman–Crippen MR) is 112 cm³/mol. The van der Waals surface area contributed by atoms with E-state index >= 15 is 0 Å². The molecule has 0 atom stereocenters. The minimum atomic E-state index is -3.71. The summed E-state index contributed by atoms with van der Waals surface area (Å²) >= 11 is 17.3. The van der Waals surface area contributed by atoms with Gasteiger partial charge in [-0.25, -0.2) is 8.42 Å². The van der Waals surface area contributed by atoms with Gasteiger partial charge in [0.1, 0.15) is 4.90 Å². The number of thiocarbonyl (C=S) groups is 1. The molecule has 10 heteroatoms. The highest BCUT2D eigenvalue weighted by molar-refractivity contribution is 7.89. The first-order valence-electron chi connectivity index (χ1n) is 8.07. The molecule has 3 rings (SSSR count). The minimum absolute atomic E-state index is 0.0327. The summed E-state index contributed by atoms with van der Waals surface area (Å²) in [5.41, 5.74) is 1.27. The number of hydrogen-bond donors (Lipinski definition) is 2. The molecule has 0 bridgehead atoms. The number of morpholine rings is 1. The number of halogens is 2. The highest BCUT2D eigenvalue weighted by Gasteiger charge is 2.28. The molecular weight excluding hydrogens is 429 g/mol. The van der Waals surface area contributed by atoms with Crippen molar-refractivity contribution in [3.8, 4) is 0 Å². The van der Waals surface area contributed by atoms with E-state index in [1.54, 1.807) is 30.3 Å². The third-order valence-corrected chi connectivity index (χ3v) is 6.72. The fourth-order valence-electron chi connectivity index (χ4n) is 2.53. The lowest BCUT2D eigenvalue weighted by Crippen LogP contribution is -2.40. The second-order valence-corrected chi connectivity index (χ2v) is 8.91. The maximum atomic E-state index is 12.9.